The van der Waals surface area contributed by atoms with Gasteiger partial charge in [0.05, 0.1) is 5.41 Å². The summed E-state index contributed by atoms with van der Waals surface area (Å²) in [5, 5.41) is 9.01. The molecule has 0 heterocycles. The zero-order valence-corrected chi connectivity index (χ0v) is 8.68. The summed E-state index contributed by atoms with van der Waals surface area (Å²) in [5.74, 6) is 4.98. The molecule has 0 spiro atoms. The van der Waals surface area contributed by atoms with Gasteiger partial charge in [-0.25, -0.2) is 0 Å². The van der Waals surface area contributed by atoms with E-state index >= 15 is 0 Å². The lowest BCUT2D eigenvalue weighted by atomic mass is 9.81. The molecule has 74 valence electrons. The Balaban J connectivity index is 4.21. The molecule has 0 bridgehead atoms. The minimum atomic E-state index is -0.702. The maximum Gasteiger partial charge on any atom is 0.309 e. The second-order valence-electron chi connectivity index (χ2n) is 3.54. The summed E-state index contributed by atoms with van der Waals surface area (Å²) in [6.45, 7) is 5.58. The summed E-state index contributed by atoms with van der Waals surface area (Å²) < 4.78 is 0. The van der Waals surface area contributed by atoms with Crippen LogP contribution in [0.4, 0.5) is 0 Å². The van der Waals surface area contributed by atoms with Crippen molar-refractivity contribution in [3.63, 3.8) is 0 Å². The van der Waals surface area contributed by atoms with Gasteiger partial charge < -0.3 is 5.11 Å². The fourth-order valence-corrected chi connectivity index (χ4v) is 1.35. The van der Waals surface area contributed by atoms with Gasteiger partial charge in [-0.1, -0.05) is 13.3 Å². The number of carboxylic acid groups (broad SMARTS) is 1. The van der Waals surface area contributed by atoms with Crippen molar-refractivity contribution in [1.29, 1.82) is 0 Å². The largest absolute Gasteiger partial charge is 0.481 e. The lowest BCUT2D eigenvalue weighted by Crippen LogP contribution is -2.27. The molecule has 0 aliphatic rings. The molecule has 1 unspecified atom stereocenters. The van der Waals surface area contributed by atoms with Gasteiger partial charge in [0.15, 0.2) is 0 Å². The Morgan fingerprint density at radius 1 is 1.46 bits per heavy atom. The highest BCUT2D eigenvalue weighted by molar-refractivity contribution is 5.74. The van der Waals surface area contributed by atoms with Crippen LogP contribution in [-0.2, 0) is 4.79 Å². The molecule has 0 saturated heterocycles. The van der Waals surface area contributed by atoms with Crippen molar-refractivity contribution >= 4 is 5.97 Å². The number of hydrogen-bond donors (Lipinski definition) is 1. The first-order valence-electron chi connectivity index (χ1n) is 4.70. The third kappa shape index (κ3) is 3.98. The molecular formula is C11H18O2. The third-order valence-corrected chi connectivity index (χ3v) is 2.30. The Labute approximate surface area is 80.3 Å². The molecule has 0 aromatic heterocycles. The molecule has 2 heteroatoms. The quantitative estimate of drug-likeness (QED) is 0.664. The number of aliphatic carboxylic acids is 1. The van der Waals surface area contributed by atoms with Crippen molar-refractivity contribution in [2.24, 2.45) is 5.41 Å². The summed E-state index contributed by atoms with van der Waals surface area (Å²) in [7, 11) is 0. The average molecular weight is 182 g/mol. The Morgan fingerprint density at radius 3 is 2.46 bits per heavy atom. The van der Waals surface area contributed by atoms with E-state index in [0.717, 1.165) is 12.8 Å². The fraction of sp³-hybridized carbons (Fsp3) is 0.727. The maximum atomic E-state index is 11.0. The second-order valence-corrected chi connectivity index (χ2v) is 3.54. The fourth-order valence-electron chi connectivity index (χ4n) is 1.35. The molecule has 1 N–H and O–H groups in total. The Kier molecular flexibility index (Phi) is 5.22. The van der Waals surface area contributed by atoms with Gasteiger partial charge in [0.25, 0.3) is 0 Å². The molecule has 0 radical (unpaired) electrons. The van der Waals surface area contributed by atoms with E-state index in [1.54, 1.807) is 13.8 Å². The number of hydrogen-bond acceptors (Lipinski definition) is 1. The molecule has 0 saturated carbocycles. The Hall–Kier alpha value is -0.970. The summed E-state index contributed by atoms with van der Waals surface area (Å²) in [4.78, 5) is 11.0. The standard InChI is InChI=1S/C11H18O2/c1-4-6-7-9-11(3,8-5-2)10(12)13/h5,7-9H2,1-3H3,(H,12,13). The first-order valence-corrected chi connectivity index (χ1v) is 4.70. The summed E-state index contributed by atoms with van der Waals surface area (Å²) in [5.41, 5.74) is -0.585. The van der Waals surface area contributed by atoms with Crippen molar-refractivity contribution in [3.05, 3.63) is 0 Å². The van der Waals surface area contributed by atoms with E-state index in [4.69, 9.17) is 5.11 Å². The van der Waals surface area contributed by atoms with E-state index in [1.165, 1.54) is 0 Å². The second kappa shape index (κ2) is 5.64. The van der Waals surface area contributed by atoms with Crippen molar-refractivity contribution in [2.45, 2.75) is 46.5 Å². The molecule has 0 aliphatic carbocycles. The predicted molar refractivity (Wildman–Crippen MR) is 53.3 cm³/mol. The molecule has 13 heavy (non-hydrogen) atoms. The molecule has 0 fully saturated rings. The first kappa shape index (κ1) is 12.0. The highest BCUT2D eigenvalue weighted by Crippen LogP contribution is 2.29. The summed E-state index contributed by atoms with van der Waals surface area (Å²) >= 11 is 0. The summed E-state index contributed by atoms with van der Waals surface area (Å²) in [6, 6.07) is 0. The Bertz CT molecular complexity index is 222. The molecule has 2 nitrogen and oxygen atoms in total. The lowest BCUT2D eigenvalue weighted by molar-refractivity contribution is -0.148. The zero-order valence-electron chi connectivity index (χ0n) is 8.68. The monoisotopic (exact) mass is 182 g/mol. The van der Waals surface area contributed by atoms with Crippen molar-refractivity contribution in [2.75, 3.05) is 0 Å². The topological polar surface area (TPSA) is 37.3 Å². The van der Waals surface area contributed by atoms with Gasteiger partial charge in [-0.05, 0) is 26.7 Å². The van der Waals surface area contributed by atoms with E-state index < -0.39 is 11.4 Å². The van der Waals surface area contributed by atoms with Gasteiger partial charge >= 0.3 is 5.97 Å². The minimum absolute atomic E-state index is 0.585. The van der Waals surface area contributed by atoms with Crippen LogP contribution in [0, 0.1) is 17.3 Å². The number of carboxylic acids is 1. The van der Waals surface area contributed by atoms with Gasteiger partial charge in [0.2, 0.25) is 0 Å². The van der Waals surface area contributed by atoms with Crippen LogP contribution in [0.2, 0.25) is 0 Å². The van der Waals surface area contributed by atoms with Crippen LogP contribution in [0.3, 0.4) is 0 Å². The van der Waals surface area contributed by atoms with E-state index in [1.807, 2.05) is 6.92 Å². The first-order chi connectivity index (χ1) is 6.06. The van der Waals surface area contributed by atoms with Gasteiger partial charge in [-0.3, -0.25) is 4.79 Å². The Morgan fingerprint density at radius 2 is 2.08 bits per heavy atom. The molecule has 0 aromatic carbocycles. The normalized spacial score (nSPS) is 14.1. The van der Waals surface area contributed by atoms with Crippen LogP contribution in [0.25, 0.3) is 0 Å². The van der Waals surface area contributed by atoms with Gasteiger partial charge in [0, 0.05) is 6.42 Å². The minimum Gasteiger partial charge on any atom is -0.481 e. The number of carbonyl (C=O) groups is 1. The molecule has 0 rings (SSSR count). The highest BCUT2D eigenvalue weighted by Gasteiger charge is 2.30. The van der Waals surface area contributed by atoms with Crippen molar-refractivity contribution in [1.82, 2.24) is 0 Å². The van der Waals surface area contributed by atoms with Crippen LogP contribution in [0.5, 0.6) is 0 Å². The highest BCUT2D eigenvalue weighted by atomic mass is 16.4. The van der Waals surface area contributed by atoms with E-state index in [-0.39, 0.29) is 0 Å². The van der Waals surface area contributed by atoms with Crippen molar-refractivity contribution < 1.29 is 9.90 Å². The van der Waals surface area contributed by atoms with Crippen LogP contribution < -0.4 is 0 Å². The van der Waals surface area contributed by atoms with Crippen molar-refractivity contribution in [3.8, 4) is 11.8 Å². The van der Waals surface area contributed by atoms with Gasteiger partial charge in [-0.2, -0.15) is 0 Å². The van der Waals surface area contributed by atoms with Crippen LogP contribution >= 0.6 is 0 Å². The van der Waals surface area contributed by atoms with E-state index in [2.05, 4.69) is 11.8 Å². The zero-order chi connectivity index (χ0) is 10.3. The molecule has 1 atom stereocenters. The van der Waals surface area contributed by atoms with E-state index in [0.29, 0.717) is 12.8 Å². The molecular weight excluding hydrogens is 164 g/mol. The average Bonchev–Trinajstić information content (AvgIpc) is 2.05. The number of rotatable bonds is 5. The van der Waals surface area contributed by atoms with Gasteiger partial charge in [-0.15, -0.1) is 11.8 Å². The summed E-state index contributed by atoms with van der Waals surface area (Å²) in [6.07, 6.45) is 2.96. The predicted octanol–water partition coefficient (Wildman–Crippen LogP) is 2.68. The lowest BCUT2D eigenvalue weighted by Gasteiger charge is -2.22. The van der Waals surface area contributed by atoms with E-state index in [9.17, 15) is 4.79 Å². The van der Waals surface area contributed by atoms with Crippen LogP contribution in [-0.4, -0.2) is 11.1 Å². The smallest absolute Gasteiger partial charge is 0.309 e. The SMILES string of the molecule is CC#CCCC(C)(CCC)C(=O)O. The molecule has 0 aliphatic heterocycles. The molecule has 0 amide bonds. The molecule has 0 aromatic rings. The maximum absolute atomic E-state index is 11.0. The van der Waals surface area contributed by atoms with Crippen LogP contribution in [0.1, 0.15) is 46.5 Å². The van der Waals surface area contributed by atoms with Crippen LogP contribution in [0.15, 0.2) is 0 Å². The van der Waals surface area contributed by atoms with Gasteiger partial charge in [0.1, 0.15) is 0 Å². The third-order valence-electron chi connectivity index (χ3n) is 2.30.